The van der Waals surface area contributed by atoms with E-state index in [0.717, 1.165) is 68.7 Å². The van der Waals surface area contributed by atoms with Crippen molar-refractivity contribution < 1.29 is 4.79 Å². The number of nitrogens with one attached hydrogen (secondary N) is 1. The first-order chi connectivity index (χ1) is 13.4. The van der Waals surface area contributed by atoms with Crippen molar-refractivity contribution in [3.63, 3.8) is 0 Å². The normalized spacial score (nSPS) is 19.7. The van der Waals surface area contributed by atoms with E-state index in [1.165, 1.54) is 4.88 Å². The molecule has 0 spiro atoms. The highest BCUT2D eigenvalue weighted by Gasteiger charge is 2.42. The molecule has 0 unspecified atom stereocenters. The molecular weight excluding hydrogens is 521 g/mol. The maximum Gasteiger partial charge on any atom is 0.230 e. The van der Waals surface area contributed by atoms with Crippen molar-refractivity contribution >= 4 is 58.8 Å². The summed E-state index contributed by atoms with van der Waals surface area (Å²) in [5.74, 6) is 1.16. The van der Waals surface area contributed by atoms with E-state index in [1.807, 2.05) is 27.2 Å². The molecule has 1 aromatic rings. The highest BCUT2D eigenvalue weighted by Crippen LogP contribution is 2.39. The zero-order valence-electron chi connectivity index (χ0n) is 17.6. The summed E-state index contributed by atoms with van der Waals surface area (Å²) in [6.07, 6.45) is 4.19. The van der Waals surface area contributed by atoms with Crippen LogP contribution in [0, 0.1) is 5.41 Å². The lowest BCUT2D eigenvalue weighted by molar-refractivity contribution is -0.138. The Morgan fingerprint density at radius 1 is 1.24 bits per heavy atom. The van der Waals surface area contributed by atoms with Gasteiger partial charge in [0.1, 0.15) is 0 Å². The summed E-state index contributed by atoms with van der Waals surface area (Å²) in [5.41, 5.74) is -0.278. The quantitative estimate of drug-likeness (QED) is 0.345. The van der Waals surface area contributed by atoms with Crippen molar-refractivity contribution in [2.75, 3.05) is 53.9 Å². The summed E-state index contributed by atoms with van der Waals surface area (Å²) < 4.78 is 0.853. The topological polar surface area (TPSA) is 51.2 Å². The molecule has 1 aromatic heterocycles. The third-order valence-corrected chi connectivity index (χ3v) is 7.11. The first-order valence-electron chi connectivity index (χ1n) is 10.1. The molecule has 2 heterocycles. The zero-order chi connectivity index (χ0) is 20.1. The van der Waals surface area contributed by atoms with E-state index in [0.29, 0.717) is 6.54 Å². The second kappa shape index (κ2) is 11.2. The number of amides is 1. The highest BCUT2D eigenvalue weighted by molar-refractivity contribution is 14.0. The summed E-state index contributed by atoms with van der Waals surface area (Å²) >= 11 is 7.70. The molecular formula is C20H33ClIN5OS. The molecule has 29 heavy (non-hydrogen) atoms. The average molecular weight is 554 g/mol. The minimum absolute atomic E-state index is 0. The van der Waals surface area contributed by atoms with Crippen molar-refractivity contribution in [1.29, 1.82) is 0 Å². The third kappa shape index (κ3) is 6.21. The Bertz CT molecular complexity index is 697. The van der Waals surface area contributed by atoms with Crippen LogP contribution in [0.1, 0.15) is 30.6 Å². The van der Waals surface area contributed by atoms with Gasteiger partial charge in [-0.15, -0.1) is 35.3 Å². The Kier molecular flexibility index (Phi) is 9.50. The number of aliphatic imine (C=N–C) groups is 1. The zero-order valence-corrected chi connectivity index (χ0v) is 21.5. The van der Waals surface area contributed by atoms with Crippen LogP contribution in [0.2, 0.25) is 4.34 Å². The first kappa shape index (κ1) is 24.7. The molecule has 2 aliphatic rings. The molecule has 3 rings (SSSR count). The smallest absolute Gasteiger partial charge is 0.230 e. The van der Waals surface area contributed by atoms with Crippen LogP contribution < -0.4 is 5.32 Å². The molecule has 1 saturated heterocycles. The van der Waals surface area contributed by atoms with E-state index >= 15 is 0 Å². The van der Waals surface area contributed by atoms with Gasteiger partial charge in [-0.1, -0.05) is 24.4 Å². The summed E-state index contributed by atoms with van der Waals surface area (Å²) in [6.45, 7) is 5.50. The van der Waals surface area contributed by atoms with Gasteiger partial charge in [-0.2, -0.15) is 0 Å². The van der Waals surface area contributed by atoms with E-state index in [4.69, 9.17) is 11.6 Å². The van der Waals surface area contributed by atoms with Crippen LogP contribution in [0.25, 0.3) is 0 Å². The number of piperazine rings is 1. The number of carbonyl (C=O) groups is 1. The second-order valence-electron chi connectivity index (χ2n) is 8.06. The lowest BCUT2D eigenvalue weighted by Crippen LogP contribution is -2.54. The Morgan fingerprint density at radius 3 is 2.41 bits per heavy atom. The average Bonchev–Trinajstić information content (AvgIpc) is 3.32. The Hall–Kier alpha value is -0.580. The van der Waals surface area contributed by atoms with E-state index in [-0.39, 0.29) is 35.3 Å². The van der Waals surface area contributed by atoms with Gasteiger partial charge in [0.05, 0.1) is 9.75 Å². The molecule has 0 atom stereocenters. The molecule has 1 aliphatic carbocycles. The van der Waals surface area contributed by atoms with Crippen LogP contribution in [0.3, 0.4) is 0 Å². The van der Waals surface area contributed by atoms with E-state index in [1.54, 1.807) is 16.2 Å². The van der Waals surface area contributed by atoms with Gasteiger partial charge in [0.2, 0.25) is 5.91 Å². The molecule has 0 bridgehead atoms. The van der Waals surface area contributed by atoms with Crippen LogP contribution in [0.15, 0.2) is 17.1 Å². The van der Waals surface area contributed by atoms with Crippen LogP contribution >= 0.6 is 46.9 Å². The molecule has 1 amide bonds. The van der Waals surface area contributed by atoms with E-state index in [2.05, 4.69) is 26.2 Å². The van der Waals surface area contributed by atoms with Crippen LogP contribution in [-0.4, -0.2) is 80.4 Å². The van der Waals surface area contributed by atoms with Crippen molar-refractivity contribution in [3.05, 3.63) is 21.3 Å². The number of halogens is 2. The molecule has 1 saturated carbocycles. The summed E-state index contributed by atoms with van der Waals surface area (Å²) in [6, 6.07) is 4.08. The van der Waals surface area contributed by atoms with Crippen molar-refractivity contribution in [2.24, 2.45) is 10.4 Å². The van der Waals surface area contributed by atoms with Crippen molar-refractivity contribution in [1.82, 2.24) is 20.0 Å². The van der Waals surface area contributed by atoms with Gasteiger partial charge in [0.25, 0.3) is 0 Å². The number of hydrogen-bond acceptors (Lipinski definition) is 4. The molecule has 6 nitrogen and oxygen atoms in total. The van der Waals surface area contributed by atoms with Gasteiger partial charge in [0, 0.05) is 65.3 Å². The standard InChI is InChI=1S/C20H32ClN5OS.HI/c1-22-19(23-15-20(8-4-5-9-20)18(27)24(2)3)26-12-10-25(11-13-26)14-16-6-7-17(21)28-16;/h6-7H,4-5,8-15H2,1-3H3,(H,22,23);1H. The van der Waals surface area contributed by atoms with Crippen molar-refractivity contribution in [3.8, 4) is 0 Å². The summed E-state index contributed by atoms with van der Waals surface area (Å²) in [7, 11) is 5.55. The van der Waals surface area contributed by atoms with Gasteiger partial charge in [0.15, 0.2) is 5.96 Å². The number of hydrogen-bond donors (Lipinski definition) is 1. The lowest BCUT2D eigenvalue weighted by Gasteiger charge is -2.38. The Labute approximate surface area is 200 Å². The molecule has 9 heteroatoms. The highest BCUT2D eigenvalue weighted by atomic mass is 127. The van der Waals surface area contributed by atoms with Gasteiger partial charge in [-0.25, -0.2) is 0 Å². The molecule has 1 aliphatic heterocycles. The molecule has 0 radical (unpaired) electrons. The second-order valence-corrected chi connectivity index (χ2v) is 9.86. The molecule has 2 fully saturated rings. The van der Waals surface area contributed by atoms with Gasteiger partial charge >= 0.3 is 0 Å². The first-order valence-corrected chi connectivity index (χ1v) is 11.3. The minimum Gasteiger partial charge on any atom is -0.355 e. The lowest BCUT2D eigenvalue weighted by atomic mass is 9.84. The fraction of sp³-hybridized carbons (Fsp3) is 0.700. The number of thiophene rings is 1. The fourth-order valence-electron chi connectivity index (χ4n) is 4.35. The fourth-order valence-corrected chi connectivity index (χ4v) is 5.48. The van der Waals surface area contributed by atoms with Crippen LogP contribution in [-0.2, 0) is 11.3 Å². The van der Waals surface area contributed by atoms with Crippen molar-refractivity contribution in [2.45, 2.75) is 32.2 Å². The number of nitrogens with zero attached hydrogens (tertiary/aromatic N) is 4. The van der Waals surface area contributed by atoms with Gasteiger partial charge < -0.3 is 15.1 Å². The van der Waals surface area contributed by atoms with Gasteiger partial charge in [-0.05, 0) is 25.0 Å². The van der Waals surface area contributed by atoms with Crippen LogP contribution in [0.4, 0.5) is 0 Å². The SMILES string of the molecule is CN=C(NCC1(C(=O)N(C)C)CCCC1)N1CCN(Cc2ccc(Cl)s2)CC1.I. The summed E-state index contributed by atoms with van der Waals surface area (Å²) in [4.78, 5) is 25.1. The molecule has 164 valence electrons. The predicted octanol–water partition coefficient (Wildman–Crippen LogP) is 3.36. The monoisotopic (exact) mass is 553 g/mol. The van der Waals surface area contributed by atoms with E-state index < -0.39 is 0 Å². The number of carbonyl (C=O) groups excluding carboxylic acids is 1. The Balaban J connectivity index is 0.00000300. The number of guanidine groups is 1. The largest absolute Gasteiger partial charge is 0.355 e. The Morgan fingerprint density at radius 2 is 1.90 bits per heavy atom. The van der Waals surface area contributed by atoms with Crippen LogP contribution in [0.5, 0.6) is 0 Å². The minimum atomic E-state index is -0.278. The summed E-state index contributed by atoms with van der Waals surface area (Å²) in [5, 5.41) is 3.52. The third-order valence-electron chi connectivity index (χ3n) is 5.90. The maximum absolute atomic E-state index is 12.8. The van der Waals surface area contributed by atoms with Gasteiger partial charge in [-0.3, -0.25) is 14.7 Å². The predicted molar refractivity (Wildman–Crippen MR) is 133 cm³/mol. The maximum atomic E-state index is 12.8. The molecule has 1 N–H and O–H groups in total. The van der Waals surface area contributed by atoms with E-state index in [9.17, 15) is 4.79 Å². The number of rotatable bonds is 5. The molecule has 0 aromatic carbocycles.